The molecular weight excluding hydrogens is 260 g/mol. The second kappa shape index (κ2) is 5.50. The molecule has 18 heavy (non-hydrogen) atoms. The van der Waals surface area contributed by atoms with Crippen molar-refractivity contribution < 1.29 is 0 Å². The zero-order valence-corrected chi connectivity index (χ0v) is 12.1. The van der Waals surface area contributed by atoms with E-state index >= 15 is 0 Å². The van der Waals surface area contributed by atoms with Crippen LogP contribution in [0, 0.1) is 6.92 Å². The summed E-state index contributed by atoms with van der Waals surface area (Å²) in [6.07, 6.45) is 0. The minimum absolute atomic E-state index is 0.451. The van der Waals surface area contributed by atoms with Crippen molar-refractivity contribution in [3.63, 3.8) is 0 Å². The van der Waals surface area contributed by atoms with Crippen LogP contribution in [0.5, 0.6) is 0 Å². The molecule has 4 heteroatoms. The molecule has 1 heterocycles. The second-order valence-electron chi connectivity index (χ2n) is 4.32. The number of hydrogen-bond acceptors (Lipinski definition) is 3. The van der Waals surface area contributed by atoms with E-state index in [-0.39, 0.29) is 0 Å². The Balaban J connectivity index is 2.29. The van der Waals surface area contributed by atoms with Crippen LogP contribution < -0.4 is 10.6 Å². The average molecular weight is 276 g/mol. The third-order valence-corrected chi connectivity index (χ3v) is 3.88. The molecule has 0 spiro atoms. The van der Waals surface area contributed by atoms with E-state index < -0.39 is 0 Å². The third kappa shape index (κ3) is 2.89. The van der Waals surface area contributed by atoms with Gasteiger partial charge in [-0.2, -0.15) is 0 Å². The monoisotopic (exact) mass is 276 g/mol. The van der Waals surface area contributed by atoms with Gasteiger partial charge in [-0.25, -0.2) is 0 Å². The maximum absolute atomic E-state index is 5.80. The lowest BCUT2D eigenvalue weighted by Crippen LogP contribution is -2.21. The van der Waals surface area contributed by atoms with Gasteiger partial charge in [0.2, 0.25) is 0 Å². The molecule has 0 saturated carbocycles. The topological polar surface area (TPSA) is 29.3 Å². The molecule has 0 aliphatic rings. The van der Waals surface area contributed by atoms with Crippen molar-refractivity contribution in [2.24, 2.45) is 5.73 Å². The van der Waals surface area contributed by atoms with Crippen LogP contribution in [0.1, 0.15) is 16.0 Å². The molecule has 94 valence electrons. The number of nitrogens with zero attached hydrogens (tertiary/aromatic N) is 1. The van der Waals surface area contributed by atoms with Gasteiger partial charge in [0, 0.05) is 23.2 Å². The lowest BCUT2D eigenvalue weighted by Gasteiger charge is -2.22. The van der Waals surface area contributed by atoms with Gasteiger partial charge in [0.05, 0.1) is 6.54 Å². The molecule has 0 atom stereocenters. The van der Waals surface area contributed by atoms with Crippen molar-refractivity contribution >= 4 is 34.2 Å². The van der Waals surface area contributed by atoms with Gasteiger partial charge in [0.25, 0.3) is 0 Å². The quantitative estimate of drug-likeness (QED) is 0.869. The number of aryl methyl sites for hydroxylation is 1. The first-order chi connectivity index (χ1) is 8.58. The first kappa shape index (κ1) is 13.1. The maximum atomic E-state index is 5.80. The maximum Gasteiger partial charge on any atom is 0.106 e. The Morgan fingerprint density at radius 3 is 2.78 bits per heavy atom. The van der Waals surface area contributed by atoms with Gasteiger partial charge in [0.15, 0.2) is 0 Å². The first-order valence-corrected chi connectivity index (χ1v) is 7.00. The van der Waals surface area contributed by atoms with Crippen molar-refractivity contribution in [3.8, 4) is 0 Å². The highest BCUT2D eigenvalue weighted by molar-refractivity contribution is 7.80. The van der Waals surface area contributed by atoms with E-state index in [2.05, 4.69) is 41.6 Å². The lowest BCUT2D eigenvalue weighted by molar-refractivity contribution is 0.938. The van der Waals surface area contributed by atoms with Gasteiger partial charge in [-0.15, -0.1) is 11.3 Å². The van der Waals surface area contributed by atoms with E-state index in [0.717, 1.165) is 17.8 Å². The normalized spacial score (nSPS) is 10.3. The fourth-order valence-corrected chi connectivity index (χ4v) is 2.82. The Bertz CT molecular complexity index is 547. The summed E-state index contributed by atoms with van der Waals surface area (Å²) >= 11 is 6.89. The molecule has 1 aromatic heterocycles. The van der Waals surface area contributed by atoms with Gasteiger partial charge in [0.1, 0.15) is 4.99 Å². The Hall–Kier alpha value is -1.39. The fraction of sp³-hybridized carbons (Fsp3) is 0.214. The number of hydrogen-bond donors (Lipinski definition) is 1. The number of benzene rings is 1. The van der Waals surface area contributed by atoms with E-state index in [0.29, 0.717) is 4.99 Å². The molecule has 0 bridgehead atoms. The van der Waals surface area contributed by atoms with E-state index in [1.165, 1.54) is 10.4 Å². The zero-order valence-electron chi connectivity index (χ0n) is 10.5. The van der Waals surface area contributed by atoms with Crippen molar-refractivity contribution in [2.45, 2.75) is 13.5 Å². The van der Waals surface area contributed by atoms with Crippen LogP contribution in [0.4, 0.5) is 5.69 Å². The van der Waals surface area contributed by atoms with Crippen molar-refractivity contribution in [1.82, 2.24) is 0 Å². The van der Waals surface area contributed by atoms with Crippen molar-refractivity contribution in [1.29, 1.82) is 0 Å². The van der Waals surface area contributed by atoms with Crippen LogP contribution in [-0.2, 0) is 6.54 Å². The second-order valence-corrected chi connectivity index (χ2v) is 5.79. The minimum Gasteiger partial charge on any atom is -0.389 e. The van der Waals surface area contributed by atoms with E-state index in [9.17, 15) is 0 Å². The molecule has 2 rings (SSSR count). The van der Waals surface area contributed by atoms with Crippen LogP contribution >= 0.6 is 23.6 Å². The number of thiocarbonyl (C=S) groups is 1. The molecule has 0 aliphatic carbocycles. The standard InChI is InChI=1S/C14H16N2S2/c1-10-5-6-13(12(8-10)14(15)17)16(2)9-11-4-3-7-18-11/h3-8H,9H2,1-2H3,(H2,15,17). The Morgan fingerprint density at radius 2 is 2.17 bits per heavy atom. The van der Waals surface area contributed by atoms with Crippen LogP contribution in [0.3, 0.4) is 0 Å². The summed E-state index contributed by atoms with van der Waals surface area (Å²) < 4.78 is 0. The molecule has 0 saturated heterocycles. The molecular formula is C14H16N2S2. The third-order valence-electron chi connectivity index (χ3n) is 2.80. The number of nitrogens with two attached hydrogens (primary N) is 1. The summed E-state index contributed by atoms with van der Waals surface area (Å²) in [6, 6.07) is 10.4. The number of rotatable bonds is 4. The van der Waals surface area contributed by atoms with Crippen LogP contribution in [0.2, 0.25) is 0 Å². The zero-order chi connectivity index (χ0) is 13.1. The van der Waals surface area contributed by atoms with Crippen LogP contribution in [0.25, 0.3) is 0 Å². The number of anilines is 1. The van der Waals surface area contributed by atoms with E-state index in [1.807, 2.05) is 13.0 Å². The van der Waals surface area contributed by atoms with Crippen LogP contribution in [0.15, 0.2) is 35.7 Å². The molecule has 2 nitrogen and oxygen atoms in total. The Morgan fingerprint density at radius 1 is 1.39 bits per heavy atom. The van der Waals surface area contributed by atoms with Crippen molar-refractivity contribution in [3.05, 3.63) is 51.7 Å². The SMILES string of the molecule is Cc1ccc(N(C)Cc2cccs2)c(C(N)=S)c1. The van der Waals surface area contributed by atoms with Gasteiger partial charge < -0.3 is 10.6 Å². The predicted molar refractivity (Wildman–Crippen MR) is 83.5 cm³/mol. The minimum atomic E-state index is 0.451. The molecule has 0 amide bonds. The summed E-state index contributed by atoms with van der Waals surface area (Å²) in [5.41, 5.74) is 9.01. The van der Waals surface area contributed by atoms with Gasteiger partial charge in [-0.1, -0.05) is 29.9 Å². The van der Waals surface area contributed by atoms with E-state index in [1.54, 1.807) is 11.3 Å². The van der Waals surface area contributed by atoms with Gasteiger partial charge in [-0.3, -0.25) is 0 Å². The average Bonchev–Trinajstić information content (AvgIpc) is 2.81. The molecule has 1 aromatic carbocycles. The van der Waals surface area contributed by atoms with Gasteiger partial charge in [-0.05, 0) is 30.5 Å². The van der Waals surface area contributed by atoms with Crippen molar-refractivity contribution in [2.75, 3.05) is 11.9 Å². The summed E-state index contributed by atoms with van der Waals surface area (Å²) in [5.74, 6) is 0. The number of thiophene rings is 1. The van der Waals surface area contributed by atoms with Gasteiger partial charge >= 0.3 is 0 Å². The molecule has 0 aliphatic heterocycles. The smallest absolute Gasteiger partial charge is 0.106 e. The summed E-state index contributed by atoms with van der Waals surface area (Å²) in [5, 5.41) is 2.09. The Kier molecular flexibility index (Phi) is 3.99. The molecule has 2 N–H and O–H groups in total. The molecule has 0 radical (unpaired) electrons. The lowest BCUT2D eigenvalue weighted by atomic mass is 10.1. The fourth-order valence-electron chi connectivity index (χ4n) is 1.90. The first-order valence-electron chi connectivity index (χ1n) is 5.72. The summed E-state index contributed by atoms with van der Waals surface area (Å²) in [6.45, 7) is 2.92. The highest BCUT2D eigenvalue weighted by Gasteiger charge is 2.10. The molecule has 0 unspecified atom stereocenters. The van der Waals surface area contributed by atoms with Crippen LogP contribution in [-0.4, -0.2) is 12.0 Å². The molecule has 0 fully saturated rings. The summed E-state index contributed by atoms with van der Waals surface area (Å²) in [7, 11) is 2.06. The highest BCUT2D eigenvalue weighted by atomic mass is 32.1. The highest BCUT2D eigenvalue weighted by Crippen LogP contribution is 2.23. The Labute approximate surface area is 117 Å². The predicted octanol–water partition coefficient (Wildman–Crippen LogP) is 3.33. The van der Waals surface area contributed by atoms with E-state index in [4.69, 9.17) is 18.0 Å². The summed E-state index contributed by atoms with van der Waals surface area (Å²) in [4.78, 5) is 3.96. The largest absolute Gasteiger partial charge is 0.389 e. The molecule has 2 aromatic rings.